The Morgan fingerprint density at radius 1 is 0.862 bits per heavy atom. The van der Waals surface area contributed by atoms with Crippen LogP contribution in [0.25, 0.3) is 0 Å². The van der Waals surface area contributed by atoms with Crippen molar-refractivity contribution < 1.29 is 9.47 Å². The fourth-order valence-corrected chi connectivity index (χ4v) is 4.11. The lowest BCUT2D eigenvalue weighted by Gasteiger charge is -2.35. The van der Waals surface area contributed by atoms with Crippen LogP contribution in [0.2, 0.25) is 0 Å². The summed E-state index contributed by atoms with van der Waals surface area (Å²) in [5, 5.41) is 12.9. The number of amidine groups is 1. The number of fused-ring (bicyclic) bond motifs is 1. The Morgan fingerprint density at radius 2 is 1.45 bits per heavy atom. The molecule has 8 heteroatoms. The van der Waals surface area contributed by atoms with E-state index in [-0.39, 0.29) is 6.04 Å². The van der Waals surface area contributed by atoms with Gasteiger partial charge >= 0.3 is 0 Å². The van der Waals surface area contributed by atoms with Crippen molar-refractivity contribution in [2.45, 2.75) is 13.0 Å². The van der Waals surface area contributed by atoms with Crippen LogP contribution in [0, 0.1) is 0 Å². The Bertz CT molecular complexity index is 892. The first kappa shape index (κ1) is 18.3. The zero-order valence-electron chi connectivity index (χ0n) is 16.7. The van der Waals surface area contributed by atoms with Gasteiger partial charge in [0.2, 0.25) is 0 Å². The van der Waals surface area contributed by atoms with E-state index >= 15 is 0 Å². The Morgan fingerprint density at radius 3 is 2.10 bits per heavy atom. The van der Waals surface area contributed by atoms with Crippen molar-refractivity contribution in [3.63, 3.8) is 0 Å². The first-order valence-corrected chi connectivity index (χ1v) is 10.3. The number of anilines is 3. The lowest BCUT2D eigenvalue weighted by molar-refractivity contribution is 0.121. The molecule has 1 aromatic carbocycles. The predicted molar refractivity (Wildman–Crippen MR) is 113 cm³/mol. The minimum absolute atomic E-state index is 0.0189. The second kappa shape index (κ2) is 7.96. The molecule has 5 rings (SSSR count). The highest BCUT2D eigenvalue weighted by Gasteiger charge is 2.31. The molecule has 0 saturated carbocycles. The van der Waals surface area contributed by atoms with Crippen LogP contribution >= 0.6 is 0 Å². The number of nitrogens with one attached hydrogen (secondary N) is 1. The van der Waals surface area contributed by atoms with E-state index in [1.54, 1.807) is 0 Å². The standard InChI is InChI=1S/C21H26N6O2/c1-15-17-18(23-19(22-15)16-5-3-2-4-6-16)21(27-9-13-29-14-10-27)25-24-20(17)26-7-11-28-12-8-26/h2-6,15H,7-14H2,1H3,(H,22,23). The van der Waals surface area contributed by atoms with Gasteiger partial charge in [0.1, 0.15) is 5.84 Å². The zero-order valence-corrected chi connectivity index (χ0v) is 16.7. The van der Waals surface area contributed by atoms with E-state index in [0.29, 0.717) is 26.4 Å². The van der Waals surface area contributed by atoms with Crippen molar-refractivity contribution in [2.75, 3.05) is 67.7 Å². The first-order valence-electron chi connectivity index (χ1n) is 10.3. The average Bonchev–Trinajstić information content (AvgIpc) is 2.80. The van der Waals surface area contributed by atoms with Crippen LogP contribution in [0.1, 0.15) is 24.1 Å². The average molecular weight is 394 g/mol. The lowest BCUT2D eigenvalue weighted by atomic mass is 10.0. The molecule has 152 valence electrons. The third-order valence-corrected chi connectivity index (χ3v) is 5.63. The summed E-state index contributed by atoms with van der Waals surface area (Å²) in [6, 6.07) is 10.2. The fourth-order valence-electron chi connectivity index (χ4n) is 4.11. The summed E-state index contributed by atoms with van der Waals surface area (Å²) in [5.41, 5.74) is 3.20. The van der Waals surface area contributed by atoms with Crippen LogP contribution in [-0.4, -0.2) is 68.6 Å². The summed E-state index contributed by atoms with van der Waals surface area (Å²) in [6.45, 7) is 8.23. The Hall–Kier alpha value is -2.71. The summed E-state index contributed by atoms with van der Waals surface area (Å²) in [4.78, 5) is 9.49. The lowest BCUT2D eigenvalue weighted by Crippen LogP contribution is -2.40. The maximum absolute atomic E-state index is 5.54. The molecule has 2 saturated heterocycles. The molecule has 1 unspecified atom stereocenters. The Balaban J connectivity index is 1.59. The predicted octanol–water partition coefficient (Wildman–Crippen LogP) is 2.08. The van der Waals surface area contributed by atoms with Crippen LogP contribution in [0.15, 0.2) is 35.3 Å². The highest BCUT2D eigenvalue weighted by molar-refractivity contribution is 6.11. The molecule has 2 aromatic rings. The molecule has 0 bridgehead atoms. The summed E-state index contributed by atoms with van der Waals surface area (Å²) in [5.74, 6) is 2.67. The van der Waals surface area contributed by atoms with Gasteiger partial charge in [-0.1, -0.05) is 30.3 Å². The topological polar surface area (TPSA) is 75.1 Å². The number of hydrogen-bond acceptors (Lipinski definition) is 8. The number of morpholine rings is 2. The molecule has 8 nitrogen and oxygen atoms in total. The van der Waals surface area contributed by atoms with Crippen LogP contribution in [0.5, 0.6) is 0 Å². The smallest absolute Gasteiger partial charge is 0.175 e. The van der Waals surface area contributed by atoms with Gasteiger partial charge in [0.15, 0.2) is 11.6 Å². The number of aromatic nitrogens is 2. The van der Waals surface area contributed by atoms with Crippen molar-refractivity contribution in [3.05, 3.63) is 41.5 Å². The second-order valence-corrected chi connectivity index (χ2v) is 7.48. The van der Waals surface area contributed by atoms with Crippen LogP contribution in [-0.2, 0) is 9.47 Å². The Labute approximate surface area is 170 Å². The second-order valence-electron chi connectivity index (χ2n) is 7.48. The van der Waals surface area contributed by atoms with Crippen molar-refractivity contribution in [3.8, 4) is 0 Å². The highest BCUT2D eigenvalue weighted by Crippen LogP contribution is 2.41. The highest BCUT2D eigenvalue weighted by atomic mass is 16.5. The molecule has 2 fully saturated rings. The maximum atomic E-state index is 5.54. The SMILES string of the molecule is CC1N=C(c2ccccc2)Nc2c(N3CCOCC3)nnc(N3CCOCC3)c21. The van der Waals surface area contributed by atoms with E-state index in [1.807, 2.05) is 18.2 Å². The van der Waals surface area contributed by atoms with E-state index in [4.69, 9.17) is 14.5 Å². The van der Waals surface area contributed by atoms with Crippen molar-refractivity contribution in [1.29, 1.82) is 0 Å². The van der Waals surface area contributed by atoms with Gasteiger partial charge in [-0.3, -0.25) is 4.99 Å². The third kappa shape index (κ3) is 3.54. The van der Waals surface area contributed by atoms with Gasteiger partial charge in [0.25, 0.3) is 0 Å². The molecular formula is C21H26N6O2. The molecule has 29 heavy (non-hydrogen) atoms. The molecule has 1 atom stereocenters. The quantitative estimate of drug-likeness (QED) is 0.854. The van der Waals surface area contributed by atoms with Crippen LogP contribution in [0.4, 0.5) is 17.3 Å². The van der Waals surface area contributed by atoms with E-state index in [0.717, 1.165) is 60.5 Å². The van der Waals surface area contributed by atoms with Gasteiger partial charge in [-0.15, -0.1) is 10.2 Å². The largest absolute Gasteiger partial charge is 0.378 e. The van der Waals surface area contributed by atoms with E-state index in [2.05, 4.69) is 44.4 Å². The maximum Gasteiger partial charge on any atom is 0.175 e. The number of nitrogens with zero attached hydrogens (tertiary/aromatic N) is 5. The number of rotatable bonds is 3. The van der Waals surface area contributed by atoms with Crippen molar-refractivity contribution in [1.82, 2.24) is 10.2 Å². The normalized spacial score (nSPS) is 22.0. The molecule has 3 aliphatic heterocycles. The summed E-state index contributed by atoms with van der Waals surface area (Å²) < 4.78 is 11.1. The minimum Gasteiger partial charge on any atom is -0.378 e. The van der Waals surface area contributed by atoms with Gasteiger partial charge in [0, 0.05) is 37.3 Å². The summed E-state index contributed by atoms with van der Waals surface area (Å²) >= 11 is 0. The minimum atomic E-state index is -0.0189. The van der Waals surface area contributed by atoms with Crippen LogP contribution in [0.3, 0.4) is 0 Å². The third-order valence-electron chi connectivity index (χ3n) is 5.63. The van der Waals surface area contributed by atoms with Gasteiger partial charge in [-0.2, -0.15) is 0 Å². The zero-order chi connectivity index (χ0) is 19.6. The monoisotopic (exact) mass is 394 g/mol. The van der Waals surface area contributed by atoms with E-state index < -0.39 is 0 Å². The van der Waals surface area contributed by atoms with Gasteiger partial charge in [0.05, 0.1) is 38.2 Å². The van der Waals surface area contributed by atoms with Gasteiger partial charge in [-0.05, 0) is 6.92 Å². The van der Waals surface area contributed by atoms with E-state index in [9.17, 15) is 0 Å². The molecular weight excluding hydrogens is 368 g/mol. The van der Waals surface area contributed by atoms with Crippen LogP contribution < -0.4 is 15.1 Å². The Kier molecular flexibility index (Phi) is 5.03. The van der Waals surface area contributed by atoms with Crippen molar-refractivity contribution >= 4 is 23.2 Å². The molecule has 0 amide bonds. The molecule has 0 spiro atoms. The summed E-state index contributed by atoms with van der Waals surface area (Å²) in [7, 11) is 0. The van der Waals surface area contributed by atoms with Gasteiger partial charge < -0.3 is 24.6 Å². The molecule has 1 N–H and O–H groups in total. The number of aliphatic imine (C=N–C) groups is 1. The molecule has 3 aliphatic rings. The summed E-state index contributed by atoms with van der Waals surface area (Å²) in [6.07, 6.45) is 0. The van der Waals surface area contributed by atoms with Gasteiger partial charge in [-0.25, -0.2) is 0 Å². The number of hydrogen-bond donors (Lipinski definition) is 1. The van der Waals surface area contributed by atoms with Crippen molar-refractivity contribution in [2.24, 2.45) is 4.99 Å². The number of benzene rings is 1. The molecule has 0 radical (unpaired) electrons. The van der Waals surface area contributed by atoms with E-state index in [1.165, 1.54) is 0 Å². The first-order chi connectivity index (χ1) is 14.3. The molecule has 4 heterocycles. The fraction of sp³-hybridized carbons (Fsp3) is 0.476. The molecule has 0 aliphatic carbocycles. The number of ether oxygens (including phenoxy) is 2. The molecule has 1 aromatic heterocycles.